The van der Waals surface area contributed by atoms with Crippen molar-refractivity contribution in [3.8, 4) is 22.3 Å². The molecule has 0 aliphatic rings. The zero-order valence-electron chi connectivity index (χ0n) is 47.6. The number of hydrogen-bond donors (Lipinski definition) is 0. The predicted molar refractivity (Wildman–Crippen MR) is 330 cm³/mol. The van der Waals surface area contributed by atoms with Gasteiger partial charge in [0.15, 0.2) is 4.98 Å². The smallest absolute Gasteiger partial charge is 0.401 e. The first-order valence-corrected chi connectivity index (χ1v) is 27.0. The summed E-state index contributed by atoms with van der Waals surface area (Å²) < 4.78 is 0. The third kappa shape index (κ3) is 9.25. The van der Waals surface area contributed by atoms with Crippen molar-refractivity contribution < 1.29 is 0 Å². The Morgan fingerprint density at radius 1 is 0.397 bits per heavy atom. The molecule has 0 heterocycles. The van der Waals surface area contributed by atoms with Crippen molar-refractivity contribution >= 4 is 65.9 Å². The van der Waals surface area contributed by atoms with E-state index in [9.17, 15) is 10.9 Å². The Morgan fingerprint density at radius 2 is 0.692 bits per heavy atom. The Labute approximate surface area is 459 Å². The molecule has 0 bridgehead atoms. The number of benzene rings is 10. The average molecular weight is 1010 g/mol. The summed E-state index contributed by atoms with van der Waals surface area (Å²) in [5, 5.41) is 27.1. The molecule has 0 amide bonds. The normalized spacial score (nSPS) is 11.6. The SMILES string of the molecule is Cc1cc(C(C)(C)C)cc(C)c1-c1c2ccccc2c(C(N=[N-])=c2c(C)cc(=C=C=C=C=c3cc(C)c(=C([N+]#N)c4c5ccccc5c(-c5c(C)cc(C(C)(C)C)cc5C)c5ccccc45)c(C)c3)cc2C)c2ccccc12. The zero-order valence-corrected chi connectivity index (χ0v) is 47.6. The van der Waals surface area contributed by atoms with Crippen LogP contribution in [0, 0.1) is 60.8 Å². The maximum absolute atomic E-state index is 11.1. The van der Waals surface area contributed by atoms with Gasteiger partial charge in [0, 0.05) is 21.2 Å². The third-order valence-corrected chi connectivity index (χ3v) is 15.8. The van der Waals surface area contributed by atoms with Crippen LogP contribution in [0.5, 0.6) is 0 Å². The van der Waals surface area contributed by atoms with Gasteiger partial charge in [0.05, 0.1) is 16.5 Å². The number of fused-ring (bicyclic) bond motifs is 4. The van der Waals surface area contributed by atoms with Crippen LogP contribution in [-0.2, 0) is 10.8 Å². The van der Waals surface area contributed by atoms with E-state index in [1.54, 1.807) is 0 Å². The van der Waals surface area contributed by atoms with Gasteiger partial charge >= 0.3 is 5.70 Å². The number of nitrogens with zero attached hydrogens (tertiary/aromatic N) is 4. The Bertz CT molecular complexity index is 4460. The van der Waals surface area contributed by atoms with Crippen LogP contribution in [-0.4, -0.2) is 0 Å². The van der Waals surface area contributed by atoms with Crippen LogP contribution in [0.25, 0.3) is 98.7 Å². The summed E-state index contributed by atoms with van der Waals surface area (Å²) in [5.74, 6) is 0. The Kier molecular flexibility index (Phi) is 13.6. The van der Waals surface area contributed by atoms with Crippen LogP contribution >= 0.6 is 0 Å². The van der Waals surface area contributed by atoms with Gasteiger partial charge in [-0.1, -0.05) is 174 Å². The van der Waals surface area contributed by atoms with Crippen molar-refractivity contribution in [3.63, 3.8) is 0 Å². The highest BCUT2D eigenvalue weighted by atomic mass is 15.0. The standard InChI is InChI=1S/C74H66N4/c1-43-35-51(36-44(2)65(43)71(77-75)69-59-31-21-17-27-55(59)67(56-28-18-22-32-60(56)69)63-47(5)39-53(40-48(63)6)73(9,10)11)25-15-16-26-52-37-45(3)66(46(4)38-52)72(78-76)70-61-33-23-19-29-57(61)68(58-30-20-24-34-62(58)70)64-49(7)41-54(42-50(64)8)74(12,13)14/h17-24,27-42H,1-14H3. The molecule has 0 aliphatic heterocycles. The molecule has 0 saturated heterocycles. The van der Waals surface area contributed by atoms with E-state index in [2.05, 4.69) is 251 Å². The van der Waals surface area contributed by atoms with Crippen LogP contribution in [0.1, 0.15) is 108 Å². The van der Waals surface area contributed by atoms with Gasteiger partial charge in [-0.15, -0.1) is 0 Å². The quantitative estimate of drug-likeness (QED) is 0.0733. The van der Waals surface area contributed by atoms with Gasteiger partial charge in [0.25, 0.3) is 0 Å². The fourth-order valence-corrected chi connectivity index (χ4v) is 12.4. The first-order valence-electron chi connectivity index (χ1n) is 27.0. The molecule has 0 aliphatic carbocycles. The molecular formula is C74H66N4. The second-order valence-electron chi connectivity index (χ2n) is 23.5. The van der Waals surface area contributed by atoms with Crippen molar-refractivity contribution in [1.82, 2.24) is 0 Å². The van der Waals surface area contributed by atoms with Crippen LogP contribution in [0.4, 0.5) is 0 Å². The van der Waals surface area contributed by atoms with Crippen LogP contribution in [0.3, 0.4) is 0 Å². The van der Waals surface area contributed by atoms with E-state index in [1.165, 1.54) is 55.6 Å². The van der Waals surface area contributed by atoms with E-state index < -0.39 is 0 Å². The summed E-state index contributed by atoms with van der Waals surface area (Å²) in [4.78, 5) is 4.11. The molecule has 78 heavy (non-hydrogen) atoms. The van der Waals surface area contributed by atoms with Gasteiger partial charge < -0.3 is 10.6 Å². The van der Waals surface area contributed by atoms with Crippen molar-refractivity contribution in [1.29, 1.82) is 5.39 Å². The fraction of sp³-hybridized carbons (Fsp3) is 0.216. The topological polar surface area (TPSA) is 62.8 Å². The molecule has 10 aromatic carbocycles. The summed E-state index contributed by atoms with van der Waals surface area (Å²) in [6, 6.07) is 51.6. The van der Waals surface area contributed by atoms with Gasteiger partial charge in [-0.05, 0) is 223 Å². The summed E-state index contributed by atoms with van der Waals surface area (Å²) >= 11 is 0. The average Bonchev–Trinajstić information content (AvgIpc) is 2.99. The summed E-state index contributed by atoms with van der Waals surface area (Å²) in [7, 11) is 0. The molecule has 0 N–H and O–H groups in total. The minimum absolute atomic E-state index is 0.0247. The van der Waals surface area contributed by atoms with E-state index in [1.807, 2.05) is 24.3 Å². The van der Waals surface area contributed by atoms with Gasteiger partial charge in [-0.3, -0.25) is 0 Å². The monoisotopic (exact) mass is 1010 g/mol. The molecule has 382 valence electrons. The van der Waals surface area contributed by atoms with Gasteiger partial charge in [0.2, 0.25) is 5.39 Å². The number of rotatable bonds is 5. The number of diazo groups is 1. The van der Waals surface area contributed by atoms with Crippen molar-refractivity contribution in [2.45, 2.75) is 108 Å². The lowest BCUT2D eigenvalue weighted by Crippen LogP contribution is -2.19. The molecule has 0 radical (unpaired) electrons. The Hall–Kier alpha value is -8.88. The van der Waals surface area contributed by atoms with Crippen molar-refractivity contribution in [2.75, 3.05) is 0 Å². The van der Waals surface area contributed by atoms with E-state index in [0.29, 0.717) is 11.4 Å². The Morgan fingerprint density at radius 3 is 0.987 bits per heavy atom. The van der Waals surface area contributed by atoms with Crippen LogP contribution in [0.2, 0.25) is 0 Å². The largest absolute Gasteiger partial charge is 0.706 e. The second kappa shape index (κ2) is 20.2. The number of aryl methyl sites for hydroxylation is 8. The van der Waals surface area contributed by atoms with Gasteiger partial charge in [-0.2, -0.15) is 0 Å². The fourth-order valence-electron chi connectivity index (χ4n) is 12.4. The van der Waals surface area contributed by atoms with E-state index in [4.69, 9.17) is 0 Å². The summed E-state index contributed by atoms with van der Waals surface area (Å²) in [6.07, 6.45) is 0. The lowest BCUT2D eigenvalue weighted by atomic mass is 9.80. The maximum atomic E-state index is 11.1. The molecule has 0 saturated carbocycles. The van der Waals surface area contributed by atoms with Crippen LogP contribution < -0.4 is 20.9 Å². The van der Waals surface area contributed by atoms with Crippen molar-refractivity contribution in [3.05, 3.63) is 255 Å². The highest BCUT2D eigenvalue weighted by Crippen LogP contribution is 2.46. The first-order chi connectivity index (χ1) is 37.2. The third-order valence-electron chi connectivity index (χ3n) is 15.8. The second-order valence-corrected chi connectivity index (χ2v) is 23.5. The Balaban J connectivity index is 1.12. The first kappa shape index (κ1) is 52.6. The molecule has 0 fully saturated rings. The highest BCUT2D eigenvalue weighted by molar-refractivity contribution is 6.21. The van der Waals surface area contributed by atoms with Crippen molar-refractivity contribution in [2.24, 2.45) is 5.11 Å². The van der Waals surface area contributed by atoms with Gasteiger partial charge in [-0.25, -0.2) is 0 Å². The minimum atomic E-state index is 0.0247. The van der Waals surface area contributed by atoms with E-state index >= 15 is 0 Å². The predicted octanol–water partition coefficient (Wildman–Crippen LogP) is 17.2. The molecule has 4 nitrogen and oxygen atoms in total. The molecule has 0 atom stereocenters. The highest BCUT2D eigenvalue weighted by Gasteiger charge is 2.29. The van der Waals surface area contributed by atoms with E-state index in [0.717, 1.165) is 97.3 Å². The summed E-state index contributed by atoms with van der Waals surface area (Å²) in [6.45, 7) is 30.7. The van der Waals surface area contributed by atoms with E-state index in [-0.39, 0.29) is 10.8 Å². The molecule has 10 rings (SSSR count). The molecule has 0 spiro atoms. The zero-order chi connectivity index (χ0) is 55.5. The lowest BCUT2D eigenvalue weighted by Gasteiger charge is -2.25. The van der Waals surface area contributed by atoms with Crippen LogP contribution in [0.15, 0.2) is 162 Å². The molecule has 0 unspecified atom stereocenters. The molecule has 0 aromatic heterocycles. The molecular weight excluding hydrogens is 945 g/mol. The number of hydrogen-bond acceptors (Lipinski definition) is 2. The molecule has 4 heteroatoms. The minimum Gasteiger partial charge on any atom is -0.706 e. The maximum Gasteiger partial charge on any atom is 0.401 e. The lowest BCUT2D eigenvalue weighted by molar-refractivity contribution is 0.589. The molecule has 10 aromatic rings. The summed E-state index contributed by atoms with van der Waals surface area (Å²) in [5.41, 5.74) is 43.0. The van der Waals surface area contributed by atoms with Gasteiger partial charge in [0.1, 0.15) is 0 Å².